The van der Waals surface area contributed by atoms with E-state index in [1.165, 1.54) is 44.9 Å². The van der Waals surface area contributed by atoms with Crippen molar-refractivity contribution in [3.05, 3.63) is 29.8 Å². The molecule has 2 atom stereocenters. The Kier molecular flexibility index (Phi) is 12.9. The van der Waals surface area contributed by atoms with E-state index in [1.54, 1.807) is 6.08 Å². The predicted molar refractivity (Wildman–Crippen MR) is 121 cm³/mol. The summed E-state index contributed by atoms with van der Waals surface area (Å²) in [5.74, 6) is 0.472. The van der Waals surface area contributed by atoms with Crippen molar-refractivity contribution in [1.82, 2.24) is 0 Å². The molecule has 0 radical (unpaired) electrons. The van der Waals surface area contributed by atoms with Gasteiger partial charge in [0.1, 0.15) is 0 Å². The molecule has 0 aliphatic carbocycles. The first-order valence-electron chi connectivity index (χ1n) is 11.3. The number of aliphatic carboxylic acids is 1. The topological polar surface area (TPSA) is 55.8 Å². The van der Waals surface area contributed by atoms with Gasteiger partial charge in [-0.3, -0.25) is 0 Å². The maximum atomic E-state index is 10.8. The van der Waals surface area contributed by atoms with Gasteiger partial charge in [0.15, 0.2) is 11.5 Å². The Morgan fingerprint density at radius 1 is 0.897 bits per heavy atom. The highest BCUT2D eigenvalue weighted by atomic mass is 16.5. The lowest BCUT2D eigenvalue weighted by atomic mass is 10.1. The van der Waals surface area contributed by atoms with E-state index >= 15 is 0 Å². The summed E-state index contributed by atoms with van der Waals surface area (Å²) in [5.41, 5.74) is 0.795. The Morgan fingerprint density at radius 2 is 1.45 bits per heavy atom. The minimum Gasteiger partial charge on any atom is -0.487 e. The van der Waals surface area contributed by atoms with Crippen LogP contribution in [0.3, 0.4) is 0 Å². The maximum absolute atomic E-state index is 10.8. The molecule has 0 spiro atoms. The third-order valence-electron chi connectivity index (χ3n) is 4.97. The molecule has 0 saturated carbocycles. The smallest absolute Gasteiger partial charge is 0.328 e. The summed E-state index contributed by atoms with van der Waals surface area (Å²) in [6.07, 6.45) is 14.7. The number of carboxylic acid groups (broad SMARTS) is 1. The highest BCUT2D eigenvalue weighted by Gasteiger charge is 2.13. The largest absolute Gasteiger partial charge is 0.487 e. The molecule has 0 bridgehead atoms. The Hall–Kier alpha value is -1.97. The van der Waals surface area contributed by atoms with E-state index in [9.17, 15) is 4.79 Å². The van der Waals surface area contributed by atoms with Gasteiger partial charge in [0.25, 0.3) is 0 Å². The van der Waals surface area contributed by atoms with Crippen molar-refractivity contribution in [3.8, 4) is 11.5 Å². The van der Waals surface area contributed by atoms with Crippen molar-refractivity contribution >= 4 is 12.0 Å². The number of rotatable bonds is 16. The molecule has 0 aromatic heterocycles. The SMILES string of the molecule is CCCCCCC(C)Oc1ccc(/C=C/C(=O)O)cc1OC(C)CCCCCC. The van der Waals surface area contributed by atoms with Crippen LogP contribution in [-0.4, -0.2) is 23.3 Å². The molecule has 0 amide bonds. The van der Waals surface area contributed by atoms with E-state index in [-0.39, 0.29) is 12.2 Å². The van der Waals surface area contributed by atoms with Crippen LogP contribution in [0.1, 0.15) is 97.5 Å². The van der Waals surface area contributed by atoms with Crippen molar-refractivity contribution < 1.29 is 19.4 Å². The minimum atomic E-state index is -0.960. The van der Waals surface area contributed by atoms with E-state index in [0.717, 1.165) is 36.7 Å². The van der Waals surface area contributed by atoms with Gasteiger partial charge in [-0.1, -0.05) is 58.4 Å². The summed E-state index contributed by atoms with van der Waals surface area (Å²) < 4.78 is 12.4. The van der Waals surface area contributed by atoms with Crippen LogP contribution >= 0.6 is 0 Å². The average molecular weight is 405 g/mol. The highest BCUT2D eigenvalue weighted by molar-refractivity contribution is 5.85. The zero-order chi connectivity index (χ0) is 21.5. The summed E-state index contributed by atoms with van der Waals surface area (Å²) in [6, 6.07) is 5.64. The number of carboxylic acids is 1. The second kappa shape index (κ2) is 14.9. The summed E-state index contributed by atoms with van der Waals surface area (Å²) >= 11 is 0. The minimum absolute atomic E-state index is 0.0905. The van der Waals surface area contributed by atoms with E-state index in [1.807, 2.05) is 18.2 Å². The first kappa shape index (κ1) is 25.1. The Labute approximate surface area is 177 Å². The average Bonchev–Trinajstić information content (AvgIpc) is 2.68. The molecular formula is C25H40O4. The highest BCUT2D eigenvalue weighted by Crippen LogP contribution is 2.32. The Balaban J connectivity index is 2.79. The normalized spacial score (nSPS) is 13.4. The summed E-state index contributed by atoms with van der Waals surface area (Å²) in [5, 5.41) is 8.88. The molecule has 1 N–H and O–H groups in total. The number of ether oxygens (including phenoxy) is 2. The molecule has 0 aliphatic heterocycles. The van der Waals surface area contributed by atoms with Gasteiger partial charge in [-0.2, -0.15) is 0 Å². The zero-order valence-corrected chi connectivity index (χ0v) is 18.8. The summed E-state index contributed by atoms with van der Waals surface area (Å²) in [4.78, 5) is 10.8. The molecule has 164 valence electrons. The first-order chi connectivity index (χ1) is 14.0. The van der Waals surface area contributed by atoms with Crippen LogP contribution in [0.2, 0.25) is 0 Å². The molecule has 2 unspecified atom stereocenters. The molecule has 29 heavy (non-hydrogen) atoms. The van der Waals surface area contributed by atoms with Gasteiger partial charge in [0.05, 0.1) is 12.2 Å². The standard InChI is InChI=1S/C25H40O4/c1-5-7-9-11-13-20(3)28-23-17-15-22(16-18-25(26)27)19-24(23)29-21(4)14-12-10-8-6-2/h15-21H,5-14H2,1-4H3,(H,26,27)/b18-16+. The molecular weight excluding hydrogens is 364 g/mol. The number of carbonyl (C=O) groups is 1. The lowest BCUT2D eigenvalue weighted by Gasteiger charge is -2.21. The van der Waals surface area contributed by atoms with Crippen LogP contribution in [0, 0.1) is 0 Å². The van der Waals surface area contributed by atoms with Crippen LogP contribution in [0.15, 0.2) is 24.3 Å². The molecule has 0 aliphatic rings. The first-order valence-corrected chi connectivity index (χ1v) is 11.3. The third-order valence-corrected chi connectivity index (χ3v) is 4.97. The summed E-state index contributed by atoms with van der Waals surface area (Å²) in [7, 11) is 0. The molecule has 4 heteroatoms. The van der Waals surface area contributed by atoms with Gasteiger partial charge in [-0.25, -0.2) is 4.79 Å². The van der Waals surface area contributed by atoms with Crippen LogP contribution in [0.5, 0.6) is 11.5 Å². The molecule has 0 fully saturated rings. The van der Waals surface area contributed by atoms with Crippen LogP contribution in [0.4, 0.5) is 0 Å². The number of unbranched alkanes of at least 4 members (excludes halogenated alkanes) is 6. The lowest BCUT2D eigenvalue weighted by molar-refractivity contribution is -0.131. The van der Waals surface area contributed by atoms with Crippen molar-refractivity contribution in [2.24, 2.45) is 0 Å². The van der Waals surface area contributed by atoms with Gasteiger partial charge in [-0.15, -0.1) is 0 Å². The predicted octanol–water partition coefficient (Wildman–Crippen LogP) is 7.26. The molecule has 0 heterocycles. The van der Waals surface area contributed by atoms with E-state index < -0.39 is 5.97 Å². The molecule has 0 saturated heterocycles. The second-order valence-corrected chi connectivity index (χ2v) is 7.93. The monoisotopic (exact) mass is 404 g/mol. The Bertz CT molecular complexity index is 609. The number of hydrogen-bond donors (Lipinski definition) is 1. The lowest BCUT2D eigenvalue weighted by Crippen LogP contribution is -2.15. The van der Waals surface area contributed by atoms with E-state index in [0.29, 0.717) is 5.75 Å². The molecule has 1 aromatic carbocycles. The van der Waals surface area contributed by atoms with E-state index in [4.69, 9.17) is 14.6 Å². The Morgan fingerprint density at radius 3 is 1.97 bits per heavy atom. The summed E-state index contributed by atoms with van der Waals surface area (Å²) in [6.45, 7) is 8.61. The molecule has 4 nitrogen and oxygen atoms in total. The molecule has 1 rings (SSSR count). The molecule has 1 aromatic rings. The number of hydrogen-bond acceptors (Lipinski definition) is 3. The fourth-order valence-corrected chi connectivity index (χ4v) is 3.25. The zero-order valence-electron chi connectivity index (χ0n) is 18.8. The number of benzene rings is 1. The maximum Gasteiger partial charge on any atom is 0.328 e. The van der Waals surface area contributed by atoms with Crippen molar-refractivity contribution in [3.63, 3.8) is 0 Å². The van der Waals surface area contributed by atoms with Gasteiger partial charge >= 0.3 is 5.97 Å². The van der Waals surface area contributed by atoms with Crippen LogP contribution in [0.25, 0.3) is 6.08 Å². The second-order valence-electron chi connectivity index (χ2n) is 7.93. The van der Waals surface area contributed by atoms with Crippen LogP contribution < -0.4 is 9.47 Å². The van der Waals surface area contributed by atoms with Crippen molar-refractivity contribution in [2.45, 2.75) is 104 Å². The van der Waals surface area contributed by atoms with Gasteiger partial charge in [0, 0.05) is 6.08 Å². The fourth-order valence-electron chi connectivity index (χ4n) is 3.25. The van der Waals surface area contributed by atoms with Crippen LogP contribution in [-0.2, 0) is 4.79 Å². The van der Waals surface area contributed by atoms with Crippen molar-refractivity contribution in [2.75, 3.05) is 0 Å². The fraction of sp³-hybridized carbons (Fsp3) is 0.640. The quantitative estimate of drug-likeness (QED) is 0.233. The van der Waals surface area contributed by atoms with Gasteiger partial charge in [-0.05, 0) is 63.3 Å². The third kappa shape index (κ3) is 11.6. The van der Waals surface area contributed by atoms with Gasteiger partial charge < -0.3 is 14.6 Å². The van der Waals surface area contributed by atoms with Gasteiger partial charge in [0.2, 0.25) is 0 Å². The van der Waals surface area contributed by atoms with Crippen molar-refractivity contribution in [1.29, 1.82) is 0 Å². The van der Waals surface area contributed by atoms with E-state index in [2.05, 4.69) is 27.7 Å².